The molecule has 2 heterocycles. The summed E-state index contributed by atoms with van der Waals surface area (Å²) >= 11 is 1.33. The molecule has 130 valence electrons. The molecule has 4 aromatic rings. The van der Waals surface area contributed by atoms with Crippen molar-refractivity contribution < 1.29 is 8.91 Å². The lowest BCUT2D eigenvalue weighted by Gasteiger charge is -2.02. The predicted molar refractivity (Wildman–Crippen MR) is 93.1 cm³/mol. The summed E-state index contributed by atoms with van der Waals surface area (Å²) in [6.45, 7) is 1.99. The van der Waals surface area contributed by atoms with Gasteiger partial charge in [0, 0.05) is 5.56 Å². The lowest BCUT2D eigenvalue weighted by Crippen LogP contribution is -1.99. The predicted octanol–water partition coefficient (Wildman–Crippen LogP) is 3.45. The summed E-state index contributed by atoms with van der Waals surface area (Å²) in [5.74, 6) is 1.05. The molecule has 0 aliphatic heterocycles. The second-order valence-electron chi connectivity index (χ2n) is 5.47. The van der Waals surface area contributed by atoms with E-state index in [2.05, 4.69) is 25.7 Å². The highest BCUT2D eigenvalue weighted by molar-refractivity contribution is 7.98. The van der Waals surface area contributed by atoms with Gasteiger partial charge in [0.05, 0.1) is 11.4 Å². The van der Waals surface area contributed by atoms with Crippen LogP contribution in [0.5, 0.6) is 0 Å². The summed E-state index contributed by atoms with van der Waals surface area (Å²) in [6, 6.07) is 13.9. The van der Waals surface area contributed by atoms with E-state index in [-0.39, 0.29) is 5.82 Å². The van der Waals surface area contributed by atoms with Gasteiger partial charge in [0.15, 0.2) is 0 Å². The van der Waals surface area contributed by atoms with Crippen LogP contribution in [0.25, 0.3) is 17.1 Å². The Morgan fingerprint density at radius 2 is 2.04 bits per heavy atom. The quantitative estimate of drug-likeness (QED) is 0.499. The van der Waals surface area contributed by atoms with E-state index in [1.54, 1.807) is 12.1 Å². The number of hydrogen-bond donors (Lipinski definition) is 0. The number of nitrogens with zero attached hydrogens (tertiary/aromatic N) is 6. The van der Waals surface area contributed by atoms with Gasteiger partial charge in [-0.1, -0.05) is 47.3 Å². The zero-order valence-corrected chi connectivity index (χ0v) is 14.5. The minimum atomic E-state index is -0.353. The molecule has 0 N–H and O–H groups in total. The van der Waals surface area contributed by atoms with Gasteiger partial charge in [-0.2, -0.15) is 9.67 Å². The number of aromatic nitrogens is 6. The van der Waals surface area contributed by atoms with Crippen LogP contribution >= 0.6 is 11.8 Å². The second-order valence-corrected chi connectivity index (χ2v) is 6.41. The summed E-state index contributed by atoms with van der Waals surface area (Å²) in [5.41, 5.74) is 2.54. The van der Waals surface area contributed by atoms with Crippen LogP contribution in [-0.4, -0.2) is 30.3 Å². The smallest absolute Gasteiger partial charge is 0.237 e. The van der Waals surface area contributed by atoms with Gasteiger partial charge in [-0.15, -0.1) is 5.10 Å². The van der Waals surface area contributed by atoms with Crippen LogP contribution in [0.4, 0.5) is 4.39 Å². The summed E-state index contributed by atoms with van der Waals surface area (Å²) in [7, 11) is 0. The molecule has 0 bridgehead atoms. The fourth-order valence-corrected chi connectivity index (χ4v) is 3.14. The van der Waals surface area contributed by atoms with Crippen molar-refractivity contribution >= 4 is 11.8 Å². The Kier molecular flexibility index (Phi) is 4.44. The Bertz CT molecular complexity index is 1050. The van der Waals surface area contributed by atoms with Crippen LogP contribution in [0.3, 0.4) is 0 Å². The normalized spacial score (nSPS) is 11.0. The van der Waals surface area contributed by atoms with Gasteiger partial charge in [0.2, 0.25) is 16.9 Å². The van der Waals surface area contributed by atoms with Crippen LogP contribution in [0, 0.1) is 12.7 Å². The van der Waals surface area contributed by atoms with Crippen molar-refractivity contribution in [3.8, 4) is 17.1 Å². The number of aryl methyl sites for hydroxylation is 1. The number of hydrogen-bond acceptors (Lipinski definition) is 7. The van der Waals surface area contributed by atoms with Crippen molar-refractivity contribution in [2.24, 2.45) is 0 Å². The summed E-state index contributed by atoms with van der Waals surface area (Å²) in [4.78, 5) is 4.42. The molecule has 0 aliphatic carbocycles. The first-order valence-electron chi connectivity index (χ1n) is 7.76. The Balaban J connectivity index is 1.51. The molecule has 2 aromatic carbocycles. The molecule has 0 radical (unpaired) electrons. The van der Waals surface area contributed by atoms with Crippen molar-refractivity contribution in [2.45, 2.75) is 17.8 Å². The highest BCUT2D eigenvalue weighted by Crippen LogP contribution is 2.24. The molecular weight excluding hydrogens is 355 g/mol. The van der Waals surface area contributed by atoms with Crippen molar-refractivity contribution in [1.82, 2.24) is 30.3 Å². The third-order valence-electron chi connectivity index (χ3n) is 3.67. The molecule has 0 aliphatic rings. The van der Waals surface area contributed by atoms with Crippen LogP contribution in [0.15, 0.2) is 58.2 Å². The molecule has 26 heavy (non-hydrogen) atoms. The molecule has 9 heteroatoms. The van der Waals surface area contributed by atoms with E-state index in [9.17, 15) is 4.39 Å². The Labute approximate surface area is 152 Å². The first-order chi connectivity index (χ1) is 12.7. The van der Waals surface area contributed by atoms with Crippen molar-refractivity contribution in [1.29, 1.82) is 0 Å². The van der Waals surface area contributed by atoms with Crippen molar-refractivity contribution in [3.63, 3.8) is 0 Å². The third kappa shape index (κ3) is 3.33. The van der Waals surface area contributed by atoms with Crippen LogP contribution in [-0.2, 0) is 5.75 Å². The Morgan fingerprint density at radius 3 is 2.88 bits per heavy atom. The van der Waals surface area contributed by atoms with E-state index in [1.807, 2.05) is 31.2 Å². The first kappa shape index (κ1) is 16.4. The van der Waals surface area contributed by atoms with E-state index >= 15 is 0 Å². The van der Waals surface area contributed by atoms with Crippen LogP contribution < -0.4 is 0 Å². The standard InChI is InChI=1S/C17H13FN6OS/c1-11-5-2-3-8-14(11)16-19-15(25-21-16)10-26-17-20-22-23-24(17)13-7-4-6-12(18)9-13/h2-9H,10H2,1H3. The summed E-state index contributed by atoms with van der Waals surface area (Å²) in [6.07, 6.45) is 0. The maximum atomic E-state index is 13.4. The van der Waals surface area contributed by atoms with Gasteiger partial charge in [0.1, 0.15) is 5.82 Å². The first-order valence-corrected chi connectivity index (χ1v) is 8.75. The van der Waals surface area contributed by atoms with Crippen LogP contribution in [0.1, 0.15) is 11.5 Å². The SMILES string of the molecule is Cc1ccccc1-c1noc(CSc2nnnn2-c2cccc(F)c2)n1. The van der Waals surface area contributed by atoms with Gasteiger partial charge >= 0.3 is 0 Å². The lowest BCUT2D eigenvalue weighted by molar-refractivity contribution is 0.391. The highest BCUT2D eigenvalue weighted by atomic mass is 32.2. The molecule has 0 amide bonds. The maximum Gasteiger partial charge on any atom is 0.237 e. The molecular formula is C17H13FN6OS. The van der Waals surface area contributed by atoms with Gasteiger partial charge in [-0.05, 0) is 41.1 Å². The van der Waals surface area contributed by atoms with Gasteiger partial charge < -0.3 is 4.52 Å². The van der Waals surface area contributed by atoms with Gasteiger partial charge in [0.25, 0.3) is 0 Å². The number of thioether (sulfide) groups is 1. The molecule has 0 saturated carbocycles. The van der Waals surface area contributed by atoms with E-state index in [0.29, 0.717) is 28.3 Å². The number of halogens is 1. The number of rotatable bonds is 5. The minimum absolute atomic E-state index is 0.353. The minimum Gasteiger partial charge on any atom is -0.338 e. The monoisotopic (exact) mass is 368 g/mol. The van der Waals surface area contributed by atoms with Crippen LogP contribution in [0.2, 0.25) is 0 Å². The molecule has 0 atom stereocenters. The second kappa shape index (κ2) is 7.04. The lowest BCUT2D eigenvalue weighted by atomic mass is 10.1. The fourth-order valence-electron chi connectivity index (χ4n) is 2.41. The average molecular weight is 368 g/mol. The zero-order valence-electron chi connectivity index (χ0n) is 13.7. The Hall–Kier alpha value is -3.07. The van der Waals surface area contributed by atoms with Gasteiger partial charge in [-0.25, -0.2) is 4.39 Å². The fraction of sp³-hybridized carbons (Fsp3) is 0.118. The molecule has 0 saturated heterocycles. The molecule has 4 rings (SSSR count). The summed E-state index contributed by atoms with van der Waals surface area (Å²) in [5, 5.41) is 16.1. The number of tetrazole rings is 1. The van der Waals surface area contributed by atoms with E-state index < -0.39 is 0 Å². The van der Waals surface area contributed by atoms with E-state index in [4.69, 9.17) is 4.52 Å². The number of benzene rings is 2. The van der Waals surface area contributed by atoms with E-state index in [0.717, 1.165) is 11.1 Å². The maximum absolute atomic E-state index is 13.4. The molecule has 7 nitrogen and oxygen atoms in total. The van der Waals surface area contributed by atoms with Crippen molar-refractivity contribution in [2.75, 3.05) is 0 Å². The highest BCUT2D eigenvalue weighted by Gasteiger charge is 2.14. The van der Waals surface area contributed by atoms with Gasteiger partial charge in [-0.3, -0.25) is 0 Å². The zero-order chi connectivity index (χ0) is 17.9. The molecule has 2 aromatic heterocycles. The Morgan fingerprint density at radius 1 is 1.15 bits per heavy atom. The third-order valence-corrected chi connectivity index (χ3v) is 4.58. The topological polar surface area (TPSA) is 82.5 Å². The van der Waals surface area contributed by atoms with Crippen molar-refractivity contribution in [3.05, 3.63) is 65.8 Å². The molecule has 0 unspecified atom stereocenters. The largest absolute Gasteiger partial charge is 0.338 e. The average Bonchev–Trinajstić information content (AvgIpc) is 3.30. The summed E-state index contributed by atoms with van der Waals surface area (Å²) < 4.78 is 20.2. The van der Waals surface area contributed by atoms with E-state index in [1.165, 1.54) is 28.6 Å². The molecule has 0 fully saturated rings. The molecule has 0 spiro atoms.